The average Bonchev–Trinajstić information content (AvgIpc) is 3.05. The van der Waals surface area contributed by atoms with Crippen LogP contribution in [0.4, 0.5) is 5.69 Å². The summed E-state index contributed by atoms with van der Waals surface area (Å²) in [5.41, 5.74) is 3.09. The number of ether oxygens (including phenoxy) is 1. The second-order valence-electron chi connectivity index (χ2n) is 7.96. The van der Waals surface area contributed by atoms with Gasteiger partial charge in [-0.25, -0.2) is 0 Å². The molecular formula is C26H22ClNO5. The number of Topliss-reactive ketones (excluding diaryl/α,β-unsaturated/α-hetero) is 1. The number of nitrogens with zero attached hydrogens (tertiary/aromatic N) is 1. The van der Waals surface area contributed by atoms with Crippen molar-refractivity contribution in [2.45, 2.75) is 19.9 Å². The topological polar surface area (TPSA) is 87.1 Å². The van der Waals surface area contributed by atoms with Crippen molar-refractivity contribution >= 4 is 34.7 Å². The quantitative estimate of drug-likeness (QED) is 0.311. The molecule has 0 aromatic heterocycles. The van der Waals surface area contributed by atoms with Gasteiger partial charge in [-0.15, -0.1) is 0 Å². The first-order chi connectivity index (χ1) is 15.7. The fourth-order valence-corrected chi connectivity index (χ4v) is 4.31. The molecule has 3 aromatic rings. The van der Waals surface area contributed by atoms with Gasteiger partial charge in [0.15, 0.2) is 0 Å². The van der Waals surface area contributed by atoms with Gasteiger partial charge < -0.3 is 14.9 Å². The minimum absolute atomic E-state index is 0.0693. The lowest BCUT2D eigenvalue weighted by atomic mass is 9.94. The monoisotopic (exact) mass is 463 g/mol. The normalized spacial score (nSPS) is 17.5. The highest BCUT2D eigenvalue weighted by molar-refractivity contribution is 6.51. The Labute approximate surface area is 196 Å². The Kier molecular flexibility index (Phi) is 5.87. The summed E-state index contributed by atoms with van der Waals surface area (Å²) in [7, 11) is 1.50. The van der Waals surface area contributed by atoms with Crippen molar-refractivity contribution in [1.82, 2.24) is 0 Å². The van der Waals surface area contributed by atoms with Crippen molar-refractivity contribution in [1.29, 1.82) is 0 Å². The van der Waals surface area contributed by atoms with E-state index in [4.69, 9.17) is 16.3 Å². The Morgan fingerprint density at radius 3 is 2.33 bits per heavy atom. The molecule has 33 heavy (non-hydrogen) atoms. The Morgan fingerprint density at radius 2 is 1.70 bits per heavy atom. The molecule has 1 amide bonds. The van der Waals surface area contributed by atoms with Gasteiger partial charge in [-0.1, -0.05) is 35.9 Å². The Balaban J connectivity index is 1.99. The smallest absolute Gasteiger partial charge is 0.300 e. The van der Waals surface area contributed by atoms with Crippen LogP contribution in [0.25, 0.3) is 5.76 Å². The number of aryl methyl sites for hydroxylation is 2. The average molecular weight is 464 g/mol. The van der Waals surface area contributed by atoms with Crippen LogP contribution in [-0.2, 0) is 9.59 Å². The van der Waals surface area contributed by atoms with Crippen LogP contribution < -0.4 is 9.64 Å². The van der Waals surface area contributed by atoms with E-state index in [1.807, 2.05) is 19.9 Å². The summed E-state index contributed by atoms with van der Waals surface area (Å²) in [6.07, 6.45) is 0. The van der Waals surface area contributed by atoms with Gasteiger partial charge in [0, 0.05) is 11.3 Å². The molecule has 1 aliphatic heterocycles. The van der Waals surface area contributed by atoms with Gasteiger partial charge in [-0.05, 0) is 66.9 Å². The molecule has 168 valence electrons. The van der Waals surface area contributed by atoms with Crippen LogP contribution in [0.15, 0.2) is 66.2 Å². The summed E-state index contributed by atoms with van der Waals surface area (Å²) in [6.45, 7) is 3.80. The lowest BCUT2D eigenvalue weighted by molar-refractivity contribution is -0.132. The van der Waals surface area contributed by atoms with Crippen molar-refractivity contribution in [3.63, 3.8) is 0 Å². The van der Waals surface area contributed by atoms with Crippen LogP contribution >= 0.6 is 11.6 Å². The van der Waals surface area contributed by atoms with Crippen molar-refractivity contribution in [2.75, 3.05) is 12.0 Å². The Morgan fingerprint density at radius 1 is 1.00 bits per heavy atom. The number of benzene rings is 3. The molecule has 1 aliphatic rings. The lowest BCUT2D eigenvalue weighted by Gasteiger charge is -2.26. The van der Waals surface area contributed by atoms with Gasteiger partial charge in [0.2, 0.25) is 0 Å². The number of aliphatic hydroxyl groups is 1. The number of aromatic hydroxyl groups is 1. The van der Waals surface area contributed by atoms with Crippen LogP contribution in [0.3, 0.4) is 0 Å². The number of carbonyl (C=O) groups excluding carboxylic acids is 2. The minimum Gasteiger partial charge on any atom is -0.507 e. The molecule has 0 radical (unpaired) electrons. The van der Waals surface area contributed by atoms with Gasteiger partial charge in [0.05, 0.1) is 23.7 Å². The van der Waals surface area contributed by atoms with Crippen molar-refractivity contribution in [3.8, 4) is 11.5 Å². The summed E-state index contributed by atoms with van der Waals surface area (Å²) in [5, 5.41) is 21.2. The number of anilines is 1. The number of hydrogen-bond acceptors (Lipinski definition) is 5. The second kappa shape index (κ2) is 8.64. The highest BCUT2D eigenvalue weighted by Crippen LogP contribution is 2.44. The fraction of sp³-hybridized carbons (Fsp3) is 0.154. The third kappa shape index (κ3) is 4.05. The largest absolute Gasteiger partial charge is 0.507 e. The van der Waals surface area contributed by atoms with Crippen molar-refractivity contribution in [2.24, 2.45) is 0 Å². The number of ketones is 1. The van der Waals surface area contributed by atoms with Crippen LogP contribution in [-0.4, -0.2) is 29.0 Å². The fourth-order valence-electron chi connectivity index (χ4n) is 4.12. The number of hydrogen-bond donors (Lipinski definition) is 2. The van der Waals surface area contributed by atoms with Gasteiger partial charge in [-0.3, -0.25) is 14.5 Å². The molecular weight excluding hydrogens is 442 g/mol. The number of methoxy groups -OCH3 is 1. The van der Waals surface area contributed by atoms with Gasteiger partial charge in [0.1, 0.15) is 17.3 Å². The molecule has 3 aromatic carbocycles. The van der Waals surface area contributed by atoms with Gasteiger partial charge >= 0.3 is 0 Å². The van der Waals surface area contributed by atoms with E-state index in [1.54, 1.807) is 42.5 Å². The number of phenolic OH excluding ortho intramolecular Hbond substituents is 1. The number of aliphatic hydroxyl groups excluding tert-OH is 1. The highest BCUT2D eigenvalue weighted by Gasteiger charge is 2.47. The maximum atomic E-state index is 13.3. The maximum Gasteiger partial charge on any atom is 0.300 e. The molecule has 1 unspecified atom stereocenters. The van der Waals surface area contributed by atoms with E-state index in [0.717, 1.165) is 11.1 Å². The molecule has 1 saturated heterocycles. The summed E-state index contributed by atoms with van der Waals surface area (Å²) in [5.74, 6) is -1.54. The molecule has 7 heteroatoms. The van der Waals surface area contributed by atoms with E-state index in [2.05, 4.69) is 0 Å². The predicted molar refractivity (Wildman–Crippen MR) is 127 cm³/mol. The lowest BCUT2D eigenvalue weighted by Crippen LogP contribution is -2.29. The summed E-state index contributed by atoms with van der Waals surface area (Å²) < 4.78 is 5.23. The van der Waals surface area contributed by atoms with Crippen LogP contribution in [0.5, 0.6) is 11.5 Å². The van der Waals surface area contributed by atoms with Gasteiger partial charge in [0.25, 0.3) is 11.7 Å². The molecule has 6 nitrogen and oxygen atoms in total. The summed E-state index contributed by atoms with van der Waals surface area (Å²) in [4.78, 5) is 27.9. The zero-order chi connectivity index (χ0) is 23.9. The zero-order valence-electron chi connectivity index (χ0n) is 18.3. The minimum atomic E-state index is -0.949. The maximum absolute atomic E-state index is 13.3. The molecule has 0 aliphatic carbocycles. The first kappa shape index (κ1) is 22.4. The van der Waals surface area contributed by atoms with E-state index in [0.29, 0.717) is 22.6 Å². The zero-order valence-corrected chi connectivity index (χ0v) is 19.1. The Hall–Kier alpha value is -3.77. The number of carbonyl (C=O) groups is 2. The van der Waals surface area contributed by atoms with Crippen LogP contribution in [0.1, 0.15) is 28.3 Å². The van der Waals surface area contributed by atoms with E-state index in [1.165, 1.54) is 24.1 Å². The number of amides is 1. The van der Waals surface area contributed by atoms with Gasteiger partial charge in [-0.2, -0.15) is 0 Å². The molecule has 0 saturated carbocycles. The molecule has 0 spiro atoms. The summed E-state index contributed by atoms with van der Waals surface area (Å²) in [6, 6.07) is 15.7. The van der Waals surface area contributed by atoms with Crippen LogP contribution in [0, 0.1) is 13.8 Å². The van der Waals surface area contributed by atoms with E-state index in [-0.39, 0.29) is 22.1 Å². The first-order valence-corrected chi connectivity index (χ1v) is 10.6. The second-order valence-corrected chi connectivity index (χ2v) is 8.37. The number of halogens is 1. The third-order valence-electron chi connectivity index (χ3n) is 5.56. The SMILES string of the molecule is COc1cccc(/C(O)=C2/C(=O)C(=O)N(c3cc(C)cc(C)c3)C2c2ccc(O)c(Cl)c2)c1. The standard InChI is InChI=1S/C26H22ClNO5/c1-14-9-15(2)11-18(10-14)28-23(16-7-8-21(29)20(27)13-16)22(25(31)26(28)32)24(30)17-5-4-6-19(12-17)33-3/h4-13,23,29-30H,1-3H3/b24-22-. The third-order valence-corrected chi connectivity index (χ3v) is 5.86. The van der Waals surface area contributed by atoms with Crippen molar-refractivity contribution in [3.05, 3.63) is 93.5 Å². The number of rotatable bonds is 4. The van der Waals surface area contributed by atoms with E-state index in [9.17, 15) is 19.8 Å². The molecule has 0 bridgehead atoms. The first-order valence-electron chi connectivity index (χ1n) is 10.2. The van der Waals surface area contributed by atoms with Crippen molar-refractivity contribution < 1.29 is 24.5 Å². The highest BCUT2D eigenvalue weighted by atomic mass is 35.5. The van der Waals surface area contributed by atoms with E-state index >= 15 is 0 Å². The molecule has 1 atom stereocenters. The predicted octanol–water partition coefficient (Wildman–Crippen LogP) is 5.30. The Bertz CT molecular complexity index is 1290. The van der Waals surface area contributed by atoms with E-state index < -0.39 is 17.7 Å². The van der Waals surface area contributed by atoms with Crippen LogP contribution in [0.2, 0.25) is 5.02 Å². The molecule has 4 rings (SSSR count). The molecule has 2 N–H and O–H groups in total. The molecule has 1 fully saturated rings. The number of phenols is 1. The molecule has 1 heterocycles. The summed E-state index contributed by atoms with van der Waals surface area (Å²) >= 11 is 6.16.